The first-order valence-corrected chi connectivity index (χ1v) is 5.45. The molecule has 0 radical (unpaired) electrons. The quantitative estimate of drug-likeness (QED) is 0.891. The highest BCUT2D eigenvalue weighted by atomic mass is 35.5. The van der Waals surface area contributed by atoms with Crippen molar-refractivity contribution in [3.05, 3.63) is 46.3 Å². The van der Waals surface area contributed by atoms with Gasteiger partial charge in [-0.15, -0.1) is 0 Å². The molecular formula is C12H11ClN2O2. The Morgan fingerprint density at radius 3 is 2.76 bits per heavy atom. The molecule has 1 heterocycles. The molecule has 2 aromatic rings. The minimum absolute atomic E-state index is 0.238. The van der Waals surface area contributed by atoms with Gasteiger partial charge >= 0.3 is 0 Å². The molecule has 0 atom stereocenters. The van der Waals surface area contributed by atoms with Crippen molar-refractivity contribution in [3.63, 3.8) is 0 Å². The van der Waals surface area contributed by atoms with Gasteiger partial charge in [-0.1, -0.05) is 28.9 Å². The number of hydrogen-bond acceptors (Lipinski definition) is 3. The average Bonchev–Trinajstić information content (AvgIpc) is 2.70. The smallest absolute Gasteiger partial charge is 0.277 e. The summed E-state index contributed by atoms with van der Waals surface area (Å²) in [5.74, 6) is 0.254. The fraction of sp³-hybridized carbons (Fsp3) is 0.167. The van der Waals surface area contributed by atoms with Crippen LogP contribution in [0.3, 0.4) is 0 Å². The molecule has 1 N–H and O–H groups in total. The zero-order chi connectivity index (χ0) is 12.4. The maximum atomic E-state index is 11.8. The first-order chi connectivity index (χ1) is 8.08. The SMILES string of the molecule is Cc1cc(C(=O)Nc2c(C)cccc2Cl)no1. The molecule has 0 spiro atoms. The van der Waals surface area contributed by atoms with Crippen LogP contribution in [0.2, 0.25) is 5.02 Å². The van der Waals surface area contributed by atoms with E-state index >= 15 is 0 Å². The Hall–Kier alpha value is -1.81. The topological polar surface area (TPSA) is 55.1 Å². The van der Waals surface area contributed by atoms with E-state index in [-0.39, 0.29) is 11.6 Å². The van der Waals surface area contributed by atoms with Crippen LogP contribution < -0.4 is 5.32 Å². The minimum Gasteiger partial charge on any atom is -0.361 e. The lowest BCUT2D eigenvalue weighted by Crippen LogP contribution is -2.13. The molecule has 0 saturated heterocycles. The van der Waals surface area contributed by atoms with E-state index in [0.717, 1.165) is 5.56 Å². The van der Waals surface area contributed by atoms with E-state index in [1.165, 1.54) is 0 Å². The maximum Gasteiger partial charge on any atom is 0.277 e. The number of aryl methyl sites for hydroxylation is 2. The molecule has 4 nitrogen and oxygen atoms in total. The Morgan fingerprint density at radius 1 is 1.41 bits per heavy atom. The van der Waals surface area contributed by atoms with Crippen LogP contribution in [0.25, 0.3) is 0 Å². The molecule has 17 heavy (non-hydrogen) atoms. The lowest BCUT2D eigenvalue weighted by molar-refractivity contribution is 0.101. The molecule has 0 aliphatic rings. The van der Waals surface area contributed by atoms with Crippen molar-refractivity contribution < 1.29 is 9.32 Å². The summed E-state index contributed by atoms with van der Waals surface area (Å²) in [7, 11) is 0. The number of anilines is 1. The van der Waals surface area contributed by atoms with Gasteiger partial charge in [-0.05, 0) is 25.5 Å². The molecule has 1 aromatic carbocycles. The predicted molar refractivity (Wildman–Crippen MR) is 65.4 cm³/mol. The highest BCUT2D eigenvalue weighted by Gasteiger charge is 2.13. The van der Waals surface area contributed by atoms with Crippen LogP contribution in [0.4, 0.5) is 5.69 Å². The van der Waals surface area contributed by atoms with Crippen molar-refractivity contribution in [1.29, 1.82) is 0 Å². The van der Waals surface area contributed by atoms with E-state index in [2.05, 4.69) is 10.5 Å². The summed E-state index contributed by atoms with van der Waals surface area (Å²) in [6.07, 6.45) is 0. The Morgan fingerprint density at radius 2 is 2.18 bits per heavy atom. The normalized spacial score (nSPS) is 10.3. The van der Waals surface area contributed by atoms with Crippen LogP contribution in [0, 0.1) is 13.8 Å². The van der Waals surface area contributed by atoms with Gasteiger partial charge in [0.2, 0.25) is 0 Å². The number of amides is 1. The summed E-state index contributed by atoms with van der Waals surface area (Å²) in [4.78, 5) is 11.8. The molecule has 0 unspecified atom stereocenters. The molecule has 1 aromatic heterocycles. The zero-order valence-electron chi connectivity index (χ0n) is 9.45. The third-order valence-electron chi connectivity index (χ3n) is 2.32. The fourth-order valence-corrected chi connectivity index (χ4v) is 1.71. The van der Waals surface area contributed by atoms with Crippen molar-refractivity contribution in [2.75, 3.05) is 5.32 Å². The number of carbonyl (C=O) groups excluding carboxylic acids is 1. The van der Waals surface area contributed by atoms with E-state index in [9.17, 15) is 4.79 Å². The summed E-state index contributed by atoms with van der Waals surface area (Å²) < 4.78 is 4.84. The van der Waals surface area contributed by atoms with Gasteiger partial charge in [-0.25, -0.2) is 0 Å². The molecule has 2 rings (SSSR count). The Labute approximate surface area is 104 Å². The van der Waals surface area contributed by atoms with E-state index in [4.69, 9.17) is 16.1 Å². The van der Waals surface area contributed by atoms with Gasteiger partial charge in [-0.3, -0.25) is 4.79 Å². The summed E-state index contributed by atoms with van der Waals surface area (Å²) in [6.45, 7) is 3.60. The van der Waals surface area contributed by atoms with Gasteiger partial charge in [-0.2, -0.15) is 0 Å². The van der Waals surface area contributed by atoms with Crippen molar-refractivity contribution in [2.45, 2.75) is 13.8 Å². The van der Waals surface area contributed by atoms with E-state index < -0.39 is 0 Å². The number of rotatable bonds is 2. The van der Waals surface area contributed by atoms with Gasteiger partial charge in [0.25, 0.3) is 5.91 Å². The fourth-order valence-electron chi connectivity index (χ4n) is 1.44. The number of nitrogens with zero attached hydrogens (tertiary/aromatic N) is 1. The highest BCUT2D eigenvalue weighted by molar-refractivity contribution is 6.34. The molecule has 1 amide bonds. The minimum atomic E-state index is -0.335. The summed E-state index contributed by atoms with van der Waals surface area (Å²) >= 11 is 6.01. The first-order valence-electron chi connectivity index (χ1n) is 5.07. The summed E-state index contributed by atoms with van der Waals surface area (Å²) in [6, 6.07) is 6.99. The Bertz CT molecular complexity index is 543. The highest BCUT2D eigenvalue weighted by Crippen LogP contribution is 2.25. The monoisotopic (exact) mass is 250 g/mol. The Kier molecular flexibility index (Phi) is 3.15. The summed E-state index contributed by atoms with van der Waals surface area (Å²) in [5.41, 5.74) is 1.73. The van der Waals surface area contributed by atoms with E-state index in [1.54, 1.807) is 19.1 Å². The van der Waals surface area contributed by atoms with Crippen LogP contribution in [0.1, 0.15) is 21.8 Å². The van der Waals surface area contributed by atoms with Crippen molar-refractivity contribution in [2.24, 2.45) is 0 Å². The van der Waals surface area contributed by atoms with Crippen molar-refractivity contribution in [1.82, 2.24) is 5.16 Å². The van der Waals surface area contributed by atoms with Crippen molar-refractivity contribution in [3.8, 4) is 0 Å². The second-order valence-corrected chi connectivity index (χ2v) is 4.12. The van der Waals surface area contributed by atoms with Crippen LogP contribution in [-0.2, 0) is 0 Å². The van der Waals surface area contributed by atoms with Crippen LogP contribution in [0.15, 0.2) is 28.8 Å². The molecule has 0 fully saturated rings. The van der Waals surface area contributed by atoms with Gasteiger partial charge < -0.3 is 9.84 Å². The van der Waals surface area contributed by atoms with E-state index in [1.807, 2.05) is 19.1 Å². The zero-order valence-corrected chi connectivity index (χ0v) is 10.2. The second-order valence-electron chi connectivity index (χ2n) is 3.71. The molecule has 88 valence electrons. The predicted octanol–water partition coefficient (Wildman–Crippen LogP) is 3.20. The van der Waals surface area contributed by atoms with Gasteiger partial charge in [0.1, 0.15) is 5.76 Å². The van der Waals surface area contributed by atoms with Crippen molar-refractivity contribution >= 4 is 23.2 Å². The molecule has 5 heteroatoms. The molecule has 0 saturated carbocycles. The maximum absolute atomic E-state index is 11.8. The summed E-state index contributed by atoms with van der Waals surface area (Å²) in [5, 5.41) is 6.85. The average molecular weight is 251 g/mol. The molecular weight excluding hydrogens is 240 g/mol. The number of carbonyl (C=O) groups is 1. The molecule has 0 aliphatic heterocycles. The second kappa shape index (κ2) is 4.59. The number of para-hydroxylation sites is 1. The number of aromatic nitrogens is 1. The van der Waals surface area contributed by atoms with Crippen LogP contribution in [-0.4, -0.2) is 11.1 Å². The number of hydrogen-bond donors (Lipinski definition) is 1. The number of nitrogens with one attached hydrogen (secondary N) is 1. The lowest BCUT2D eigenvalue weighted by Gasteiger charge is -2.08. The van der Waals surface area contributed by atoms with Gasteiger partial charge in [0.15, 0.2) is 5.69 Å². The molecule has 0 aliphatic carbocycles. The third-order valence-corrected chi connectivity index (χ3v) is 2.64. The third kappa shape index (κ3) is 2.47. The first kappa shape index (κ1) is 11.7. The standard InChI is InChI=1S/C12H11ClN2O2/c1-7-4-3-5-9(13)11(7)14-12(16)10-6-8(2)17-15-10/h3-6H,1-2H3,(H,14,16). The lowest BCUT2D eigenvalue weighted by atomic mass is 10.2. The van der Waals surface area contributed by atoms with Gasteiger partial charge in [0, 0.05) is 6.07 Å². The van der Waals surface area contributed by atoms with E-state index in [0.29, 0.717) is 16.5 Å². The number of halogens is 1. The van der Waals surface area contributed by atoms with Crippen LogP contribution in [0.5, 0.6) is 0 Å². The Balaban J connectivity index is 2.24. The van der Waals surface area contributed by atoms with Crippen LogP contribution >= 0.6 is 11.6 Å². The van der Waals surface area contributed by atoms with Gasteiger partial charge in [0.05, 0.1) is 10.7 Å². The molecule has 0 bridgehead atoms. The number of benzene rings is 1. The largest absolute Gasteiger partial charge is 0.361 e.